The zero-order valence-corrected chi connectivity index (χ0v) is 13.1. The molecular weight excluding hydrogens is 338 g/mol. The number of aromatic nitrogens is 3. The molecule has 0 radical (unpaired) electrons. The van der Waals surface area contributed by atoms with E-state index in [1.54, 1.807) is 0 Å². The number of ether oxygens (including phenoxy) is 1. The minimum Gasteiger partial charge on any atom is -0.479 e. The Morgan fingerprint density at radius 1 is 1.29 bits per heavy atom. The second-order valence-electron chi connectivity index (χ2n) is 4.53. The molecule has 3 rings (SSSR count). The lowest BCUT2D eigenvalue weighted by molar-refractivity contribution is 0.102. The quantitative estimate of drug-likeness (QED) is 0.784. The Morgan fingerprint density at radius 2 is 2.04 bits per heavy atom. The Kier molecular flexibility index (Phi) is 4.43. The molecule has 6 nitrogen and oxygen atoms in total. The number of nitrogens with one attached hydrogen (secondary N) is 1. The number of carbonyl (C=O) groups excluding carboxylic acids is 1. The minimum absolute atomic E-state index is 0.0172. The van der Waals surface area contributed by atoms with Gasteiger partial charge in [-0.15, -0.1) is 11.3 Å². The number of hydrogen-bond acceptors (Lipinski definition) is 6. The molecule has 1 N–H and O–H groups in total. The summed E-state index contributed by atoms with van der Waals surface area (Å²) >= 11 is 0.965. The van der Waals surface area contributed by atoms with E-state index >= 15 is 0 Å². The third-order valence-corrected chi connectivity index (χ3v) is 3.89. The molecule has 0 atom stereocenters. The van der Waals surface area contributed by atoms with E-state index in [4.69, 9.17) is 4.74 Å². The molecule has 9 heteroatoms. The predicted octanol–water partition coefficient (Wildman–Crippen LogP) is 3.14. The summed E-state index contributed by atoms with van der Waals surface area (Å²) in [7, 11) is 1.40. The van der Waals surface area contributed by atoms with Gasteiger partial charge in [0, 0.05) is 5.38 Å². The standard InChI is InChI=1S/C15H10F2N4O2S/c1-23-14-10(5-18-7-19-14)20-13(22)11-6-24-15(21-11)12-8(16)3-2-4-9(12)17/h2-7H,1H3,(H,20,22). The predicted molar refractivity (Wildman–Crippen MR) is 84.0 cm³/mol. The van der Waals surface area contributed by atoms with E-state index in [2.05, 4.69) is 20.3 Å². The zero-order chi connectivity index (χ0) is 17.1. The zero-order valence-electron chi connectivity index (χ0n) is 12.3. The van der Waals surface area contributed by atoms with Gasteiger partial charge in [0.25, 0.3) is 5.91 Å². The molecule has 0 aliphatic rings. The first-order chi connectivity index (χ1) is 11.6. The maximum Gasteiger partial charge on any atom is 0.275 e. The average molecular weight is 348 g/mol. The van der Waals surface area contributed by atoms with E-state index < -0.39 is 17.5 Å². The molecule has 0 aliphatic heterocycles. The normalized spacial score (nSPS) is 10.5. The first-order valence-corrected chi connectivity index (χ1v) is 7.53. The fraction of sp³-hybridized carbons (Fsp3) is 0.0667. The van der Waals surface area contributed by atoms with Gasteiger partial charge in [-0.25, -0.2) is 18.7 Å². The lowest BCUT2D eigenvalue weighted by Crippen LogP contribution is -2.13. The van der Waals surface area contributed by atoms with Crippen molar-refractivity contribution in [2.24, 2.45) is 0 Å². The van der Waals surface area contributed by atoms with E-state index in [1.807, 2.05) is 0 Å². The van der Waals surface area contributed by atoms with Gasteiger partial charge in [0.2, 0.25) is 5.88 Å². The number of hydrogen-bond donors (Lipinski definition) is 1. The van der Waals surface area contributed by atoms with E-state index in [1.165, 1.54) is 31.1 Å². The smallest absolute Gasteiger partial charge is 0.275 e. The van der Waals surface area contributed by atoms with Crippen molar-refractivity contribution in [2.75, 3.05) is 12.4 Å². The summed E-state index contributed by atoms with van der Waals surface area (Å²) in [5.41, 5.74) is 0.0161. The number of halogens is 2. The maximum atomic E-state index is 13.8. The van der Waals surface area contributed by atoms with Crippen molar-refractivity contribution in [1.82, 2.24) is 15.0 Å². The summed E-state index contributed by atoms with van der Waals surface area (Å²) in [5, 5.41) is 4.02. The van der Waals surface area contributed by atoms with Crippen LogP contribution in [0.5, 0.6) is 5.88 Å². The van der Waals surface area contributed by atoms with Crippen molar-refractivity contribution in [1.29, 1.82) is 0 Å². The Balaban J connectivity index is 1.87. The SMILES string of the molecule is COc1ncncc1NC(=O)c1csc(-c2c(F)cccc2F)n1. The monoisotopic (exact) mass is 348 g/mol. The molecule has 0 saturated carbocycles. The first kappa shape index (κ1) is 15.9. The highest BCUT2D eigenvalue weighted by Gasteiger charge is 2.18. The molecule has 0 saturated heterocycles. The van der Waals surface area contributed by atoms with Crippen molar-refractivity contribution in [2.45, 2.75) is 0 Å². The molecule has 3 aromatic rings. The lowest BCUT2D eigenvalue weighted by Gasteiger charge is -2.06. The van der Waals surface area contributed by atoms with Crippen LogP contribution in [0.25, 0.3) is 10.6 Å². The fourth-order valence-corrected chi connectivity index (χ4v) is 2.80. The van der Waals surface area contributed by atoms with Crippen molar-refractivity contribution in [3.63, 3.8) is 0 Å². The van der Waals surface area contributed by atoms with Gasteiger partial charge in [0.1, 0.15) is 34.4 Å². The molecule has 0 bridgehead atoms. The van der Waals surface area contributed by atoms with Crippen molar-refractivity contribution < 1.29 is 18.3 Å². The van der Waals surface area contributed by atoms with Gasteiger partial charge in [0.15, 0.2) is 0 Å². The molecule has 0 fully saturated rings. The van der Waals surface area contributed by atoms with Crippen LogP contribution in [0, 0.1) is 11.6 Å². The summed E-state index contributed by atoms with van der Waals surface area (Å²) in [5.74, 6) is -1.86. The van der Waals surface area contributed by atoms with Crippen molar-refractivity contribution >= 4 is 22.9 Å². The summed E-state index contributed by atoms with van der Waals surface area (Å²) < 4.78 is 32.6. The van der Waals surface area contributed by atoms with E-state index in [0.29, 0.717) is 0 Å². The number of thiazole rings is 1. The van der Waals surface area contributed by atoms with E-state index in [0.717, 1.165) is 23.5 Å². The van der Waals surface area contributed by atoms with Crippen LogP contribution in [0.15, 0.2) is 36.1 Å². The summed E-state index contributed by atoms with van der Waals surface area (Å²) in [6.45, 7) is 0. The highest BCUT2D eigenvalue weighted by atomic mass is 32.1. The molecule has 1 amide bonds. The maximum absolute atomic E-state index is 13.8. The highest BCUT2D eigenvalue weighted by molar-refractivity contribution is 7.13. The number of amides is 1. The molecule has 0 aliphatic carbocycles. The molecule has 2 heterocycles. The van der Waals surface area contributed by atoms with Crippen LogP contribution in [0.3, 0.4) is 0 Å². The van der Waals surface area contributed by atoms with Crippen LogP contribution < -0.4 is 10.1 Å². The number of methoxy groups -OCH3 is 1. The van der Waals surface area contributed by atoms with E-state index in [9.17, 15) is 13.6 Å². The van der Waals surface area contributed by atoms with Crippen LogP contribution in [-0.2, 0) is 0 Å². The number of anilines is 1. The Labute approximate surface area is 139 Å². The van der Waals surface area contributed by atoms with Gasteiger partial charge in [0.05, 0.1) is 18.9 Å². The van der Waals surface area contributed by atoms with Crippen LogP contribution >= 0.6 is 11.3 Å². The molecule has 2 aromatic heterocycles. The minimum atomic E-state index is -0.741. The second-order valence-corrected chi connectivity index (χ2v) is 5.39. The first-order valence-electron chi connectivity index (χ1n) is 6.65. The van der Waals surface area contributed by atoms with Crippen LogP contribution in [0.2, 0.25) is 0 Å². The van der Waals surface area contributed by atoms with E-state index in [-0.39, 0.29) is 27.8 Å². The fourth-order valence-electron chi connectivity index (χ4n) is 1.95. The van der Waals surface area contributed by atoms with Crippen molar-refractivity contribution in [3.05, 3.63) is 53.4 Å². The summed E-state index contributed by atoms with van der Waals surface area (Å²) in [6, 6.07) is 3.52. The van der Waals surface area contributed by atoms with Gasteiger partial charge in [-0.2, -0.15) is 4.98 Å². The van der Waals surface area contributed by atoms with Crippen molar-refractivity contribution in [3.8, 4) is 16.5 Å². The molecule has 122 valence electrons. The van der Waals surface area contributed by atoms with Gasteiger partial charge in [-0.1, -0.05) is 6.07 Å². The summed E-state index contributed by atoms with van der Waals surface area (Å²) in [6.07, 6.45) is 2.64. The molecule has 0 spiro atoms. The van der Waals surface area contributed by atoms with Gasteiger partial charge < -0.3 is 10.1 Å². The van der Waals surface area contributed by atoms with Crippen LogP contribution in [0.4, 0.5) is 14.5 Å². The Morgan fingerprint density at radius 3 is 2.75 bits per heavy atom. The third kappa shape index (κ3) is 3.06. The lowest BCUT2D eigenvalue weighted by atomic mass is 10.2. The van der Waals surface area contributed by atoms with Gasteiger partial charge >= 0.3 is 0 Å². The number of carbonyl (C=O) groups is 1. The van der Waals surface area contributed by atoms with Crippen LogP contribution in [-0.4, -0.2) is 28.0 Å². The average Bonchev–Trinajstić information content (AvgIpc) is 3.05. The Hall–Kier alpha value is -2.94. The molecule has 1 aromatic carbocycles. The van der Waals surface area contributed by atoms with Gasteiger partial charge in [-0.3, -0.25) is 4.79 Å². The number of benzene rings is 1. The molecular formula is C15H10F2N4O2S. The molecule has 24 heavy (non-hydrogen) atoms. The number of nitrogens with zero attached hydrogens (tertiary/aromatic N) is 3. The third-order valence-electron chi connectivity index (χ3n) is 3.03. The molecule has 0 unspecified atom stereocenters. The van der Waals surface area contributed by atoms with Gasteiger partial charge in [-0.05, 0) is 12.1 Å². The topological polar surface area (TPSA) is 77.0 Å². The Bertz CT molecular complexity index is 880. The largest absolute Gasteiger partial charge is 0.479 e. The summed E-state index contributed by atoms with van der Waals surface area (Å²) in [4.78, 5) is 23.9. The van der Waals surface area contributed by atoms with Crippen LogP contribution in [0.1, 0.15) is 10.5 Å². The number of rotatable bonds is 4. The second kappa shape index (κ2) is 6.67. The highest BCUT2D eigenvalue weighted by Crippen LogP contribution is 2.29.